The molecule has 1 aliphatic rings. The van der Waals surface area contributed by atoms with Crippen molar-refractivity contribution in [1.82, 2.24) is 10.6 Å². The zero-order chi connectivity index (χ0) is 24.5. The summed E-state index contributed by atoms with van der Waals surface area (Å²) >= 11 is 0. The van der Waals surface area contributed by atoms with Gasteiger partial charge in [0.15, 0.2) is 6.29 Å². The number of ether oxygens (including phenoxy) is 2. The van der Waals surface area contributed by atoms with Gasteiger partial charge in [0.2, 0.25) is 17.7 Å². The second kappa shape index (κ2) is 12.6. The molecule has 1 aromatic rings. The van der Waals surface area contributed by atoms with Crippen molar-refractivity contribution >= 4 is 17.7 Å². The van der Waals surface area contributed by atoms with Crippen LogP contribution in [-0.2, 0) is 30.3 Å². The summed E-state index contributed by atoms with van der Waals surface area (Å²) in [7, 11) is 0. The second-order valence-electron chi connectivity index (χ2n) is 7.75. The number of nitrogens with two attached hydrogens (primary N) is 2. The number of aliphatic hydroxyl groups excluding tert-OH is 3. The molecule has 0 saturated carbocycles. The van der Waals surface area contributed by atoms with E-state index in [1.165, 1.54) is 0 Å². The number of hydrogen-bond donors (Lipinski definition) is 7. The number of aliphatic hydroxyl groups is 3. The number of rotatable bonds is 11. The van der Waals surface area contributed by atoms with Crippen molar-refractivity contribution in [2.24, 2.45) is 11.5 Å². The minimum Gasteiger partial charge on any atom is -0.394 e. The normalized spacial score (nSPS) is 26.8. The SMILES string of the molecule is CCC(=O)N[C@@H]1C(OC[C@H](N)C(=O)N[C@@H](Cc2ccccc2)C(N)=O)OC(CO)[C@@H](O)C1O. The maximum Gasteiger partial charge on any atom is 0.240 e. The highest BCUT2D eigenvalue weighted by molar-refractivity contribution is 5.89. The van der Waals surface area contributed by atoms with E-state index in [2.05, 4.69) is 10.6 Å². The highest BCUT2D eigenvalue weighted by Gasteiger charge is 2.45. The Morgan fingerprint density at radius 2 is 1.85 bits per heavy atom. The molecule has 0 aromatic heterocycles. The van der Waals surface area contributed by atoms with Gasteiger partial charge in [0.05, 0.1) is 13.2 Å². The van der Waals surface area contributed by atoms with Crippen LogP contribution in [0.2, 0.25) is 0 Å². The molecule has 184 valence electrons. The zero-order valence-electron chi connectivity index (χ0n) is 18.3. The highest BCUT2D eigenvalue weighted by Crippen LogP contribution is 2.22. The number of carbonyl (C=O) groups excluding carboxylic acids is 3. The minimum atomic E-state index is -1.49. The van der Waals surface area contributed by atoms with Crippen molar-refractivity contribution in [2.45, 2.75) is 62.5 Å². The van der Waals surface area contributed by atoms with E-state index in [0.717, 1.165) is 5.56 Å². The molecule has 1 fully saturated rings. The predicted octanol–water partition coefficient (Wildman–Crippen LogP) is -3.12. The predicted molar refractivity (Wildman–Crippen MR) is 115 cm³/mol. The fraction of sp³-hybridized carbons (Fsp3) is 0.571. The van der Waals surface area contributed by atoms with Gasteiger partial charge in [-0.25, -0.2) is 0 Å². The van der Waals surface area contributed by atoms with E-state index in [4.69, 9.17) is 20.9 Å². The summed E-state index contributed by atoms with van der Waals surface area (Å²) in [5.74, 6) is -1.88. The third-order valence-corrected chi connectivity index (χ3v) is 5.25. The van der Waals surface area contributed by atoms with Crippen LogP contribution in [0, 0.1) is 0 Å². The Balaban J connectivity index is 2.00. The number of amides is 3. The summed E-state index contributed by atoms with van der Waals surface area (Å²) in [5.41, 5.74) is 12.1. The van der Waals surface area contributed by atoms with Gasteiger partial charge in [-0.2, -0.15) is 0 Å². The van der Waals surface area contributed by atoms with Crippen LogP contribution < -0.4 is 22.1 Å². The van der Waals surface area contributed by atoms with Gasteiger partial charge in [0, 0.05) is 12.8 Å². The van der Waals surface area contributed by atoms with E-state index in [9.17, 15) is 29.7 Å². The molecule has 1 aromatic carbocycles. The first-order valence-corrected chi connectivity index (χ1v) is 10.6. The molecule has 1 saturated heterocycles. The lowest BCUT2D eigenvalue weighted by Gasteiger charge is -2.42. The maximum absolute atomic E-state index is 12.5. The lowest BCUT2D eigenvalue weighted by molar-refractivity contribution is -0.270. The van der Waals surface area contributed by atoms with Crippen molar-refractivity contribution in [2.75, 3.05) is 13.2 Å². The molecule has 1 aliphatic heterocycles. The zero-order valence-corrected chi connectivity index (χ0v) is 18.3. The Kier molecular flexibility index (Phi) is 10.2. The van der Waals surface area contributed by atoms with Gasteiger partial charge in [0.25, 0.3) is 0 Å². The number of carbonyl (C=O) groups is 3. The van der Waals surface area contributed by atoms with Crippen LogP contribution in [0.25, 0.3) is 0 Å². The van der Waals surface area contributed by atoms with Crippen LogP contribution in [-0.4, -0.2) is 89.0 Å². The van der Waals surface area contributed by atoms with E-state index >= 15 is 0 Å². The molecule has 3 amide bonds. The molecule has 0 spiro atoms. The van der Waals surface area contributed by atoms with Crippen LogP contribution in [0.4, 0.5) is 0 Å². The van der Waals surface area contributed by atoms with Gasteiger partial charge in [-0.05, 0) is 5.56 Å². The van der Waals surface area contributed by atoms with Crippen LogP contribution >= 0.6 is 0 Å². The summed E-state index contributed by atoms with van der Waals surface area (Å²) < 4.78 is 11.0. The third kappa shape index (κ3) is 7.45. The maximum atomic E-state index is 12.5. The molecule has 0 aliphatic carbocycles. The van der Waals surface area contributed by atoms with E-state index in [0.29, 0.717) is 0 Å². The Morgan fingerprint density at radius 1 is 1.18 bits per heavy atom. The number of benzene rings is 1. The monoisotopic (exact) mass is 468 g/mol. The van der Waals surface area contributed by atoms with Gasteiger partial charge in [-0.1, -0.05) is 37.3 Å². The van der Waals surface area contributed by atoms with Gasteiger partial charge in [-0.15, -0.1) is 0 Å². The molecule has 9 N–H and O–H groups in total. The highest BCUT2D eigenvalue weighted by atomic mass is 16.7. The summed E-state index contributed by atoms with van der Waals surface area (Å²) in [4.78, 5) is 36.1. The van der Waals surface area contributed by atoms with Crippen LogP contribution in [0.3, 0.4) is 0 Å². The average Bonchev–Trinajstić information content (AvgIpc) is 2.81. The van der Waals surface area contributed by atoms with E-state index in [-0.39, 0.29) is 12.8 Å². The first kappa shape index (κ1) is 26.6. The fourth-order valence-electron chi connectivity index (χ4n) is 3.29. The molecule has 3 unspecified atom stereocenters. The first-order valence-electron chi connectivity index (χ1n) is 10.6. The third-order valence-electron chi connectivity index (χ3n) is 5.25. The number of nitrogens with one attached hydrogen (secondary N) is 2. The molecular weight excluding hydrogens is 436 g/mol. The van der Waals surface area contributed by atoms with Crippen LogP contribution in [0.5, 0.6) is 0 Å². The molecular formula is C21H32N4O8. The first-order chi connectivity index (χ1) is 15.7. The molecule has 12 nitrogen and oxygen atoms in total. The Morgan fingerprint density at radius 3 is 2.42 bits per heavy atom. The van der Waals surface area contributed by atoms with Crippen molar-refractivity contribution < 1.29 is 39.2 Å². The topological polar surface area (TPSA) is 206 Å². The second-order valence-corrected chi connectivity index (χ2v) is 7.75. The minimum absolute atomic E-state index is 0.104. The fourth-order valence-corrected chi connectivity index (χ4v) is 3.29. The molecule has 1 heterocycles. The smallest absolute Gasteiger partial charge is 0.240 e. The molecule has 7 atom stereocenters. The average molecular weight is 469 g/mol. The van der Waals surface area contributed by atoms with Crippen molar-refractivity contribution in [1.29, 1.82) is 0 Å². The van der Waals surface area contributed by atoms with Crippen molar-refractivity contribution in [3.8, 4) is 0 Å². The molecule has 33 heavy (non-hydrogen) atoms. The van der Waals surface area contributed by atoms with Gasteiger partial charge in [-0.3, -0.25) is 14.4 Å². The lowest BCUT2D eigenvalue weighted by Crippen LogP contribution is -2.65. The number of hydrogen-bond acceptors (Lipinski definition) is 9. The molecule has 0 radical (unpaired) electrons. The van der Waals surface area contributed by atoms with Crippen LogP contribution in [0.15, 0.2) is 30.3 Å². The molecule has 12 heteroatoms. The summed E-state index contributed by atoms with van der Waals surface area (Å²) in [5, 5.41) is 34.8. The van der Waals surface area contributed by atoms with E-state index in [1.54, 1.807) is 31.2 Å². The van der Waals surface area contributed by atoms with Crippen molar-refractivity contribution in [3.05, 3.63) is 35.9 Å². The van der Waals surface area contributed by atoms with Gasteiger partial charge < -0.3 is 46.9 Å². The number of primary amides is 1. The van der Waals surface area contributed by atoms with Crippen LogP contribution in [0.1, 0.15) is 18.9 Å². The van der Waals surface area contributed by atoms with Gasteiger partial charge >= 0.3 is 0 Å². The summed E-state index contributed by atoms with van der Waals surface area (Å²) in [6.45, 7) is 0.574. The Hall–Kier alpha value is -2.61. The quantitative estimate of drug-likeness (QED) is 0.175. The van der Waals surface area contributed by atoms with Crippen molar-refractivity contribution in [3.63, 3.8) is 0 Å². The summed E-state index contributed by atoms with van der Waals surface area (Å²) in [6, 6.07) is 5.56. The van der Waals surface area contributed by atoms with E-state index in [1.807, 2.05) is 6.07 Å². The lowest BCUT2D eigenvalue weighted by atomic mass is 9.97. The van der Waals surface area contributed by atoms with Gasteiger partial charge in [0.1, 0.15) is 36.4 Å². The van der Waals surface area contributed by atoms with E-state index < -0.39 is 73.7 Å². The molecule has 0 bridgehead atoms. The Bertz CT molecular complexity index is 796. The standard InChI is InChI=1S/C21H32N4O8/c1-2-15(27)25-16-18(29)17(28)14(9-26)33-21(16)32-10-12(22)20(31)24-13(19(23)30)8-11-6-4-3-5-7-11/h3-7,12-14,16-18,21,26,28-29H,2,8-10,22H2,1H3,(H2,23,30)(H,24,31)(H,25,27)/t12-,13-,14?,16-,17+,18?,21?/m0/s1. The Labute approximate surface area is 191 Å². The largest absolute Gasteiger partial charge is 0.394 e. The summed E-state index contributed by atoms with van der Waals surface area (Å²) in [6.07, 6.45) is -5.15. The molecule has 2 rings (SSSR count).